The zero-order chi connectivity index (χ0) is 9.07. The summed E-state index contributed by atoms with van der Waals surface area (Å²) >= 11 is 0. The molecule has 64 valence electrons. The fourth-order valence-corrected chi connectivity index (χ4v) is 0.932. The second-order valence-electron chi connectivity index (χ2n) is 3.36. The molecule has 0 rings (SSSR count). The van der Waals surface area contributed by atoms with Crippen molar-refractivity contribution in [3.05, 3.63) is 0 Å². The van der Waals surface area contributed by atoms with Gasteiger partial charge in [-0.25, -0.2) is 0 Å². The maximum absolute atomic E-state index is 10.3. The molecule has 4 nitrogen and oxygen atoms in total. The summed E-state index contributed by atoms with van der Waals surface area (Å²) in [4.78, 5) is 0. The Balaban J connectivity index is -0.000000500. The minimum atomic E-state index is -0.684. The van der Waals surface area contributed by atoms with Gasteiger partial charge >= 0.3 is 59.1 Å². The van der Waals surface area contributed by atoms with Crippen molar-refractivity contribution >= 4 is 11.8 Å². The molecule has 0 heterocycles. The largest absolute Gasteiger partial charge is 1.00 e. The Morgan fingerprint density at radius 2 is 1.23 bits per heavy atom. The number of rotatable bonds is 4. The summed E-state index contributed by atoms with van der Waals surface area (Å²) in [5.41, 5.74) is -0.530. The zero-order valence-electron chi connectivity index (χ0n) is 8.73. The second-order valence-corrected chi connectivity index (χ2v) is 3.36. The van der Waals surface area contributed by atoms with E-state index in [0.29, 0.717) is 0 Å². The van der Waals surface area contributed by atoms with Gasteiger partial charge in [0.2, 0.25) is 0 Å². The molecule has 0 atom stereocenters. The van der Waals surface area contributed by atoms with Crippen molar-refractivity contribution in [2.45, 2.75) is 26.7 Å². The predicted octanol–water partition coefficient (Wildman–Crippen LogP) is -6.52. The van der Waals surface area contributed by atoms with Crippen LogP contribution in [0.1, 0.15) is 26.7 Å². The summed E-state index contributed by atoms with van der Waals surface area (Å²) in [6, 6.07) is 0. The van der Waals surface area contributed by atoms with Crippen molar-refractivity contribution < 1.29 is 69.3 Å². The van der Waals surface area contributed by atoms with Crippen LogP contribution in [0.2, 0.25) is 0 Å². The first kappa shape index (κ1) is 19.5. The van der Waals surface area contributed by atoms with E-state index in [-0.39, 0.29) is 72.0 Å². The third-order valence-electron chi connectivity index (χ3n) is 1.28. The minimum absolute atomic E-state index is 0. The second kappa shape index (κ2) is 8.26. The van der Waals surface area contributed by atoms with Gasteiger partial charge in [0.05, 0.1) is 0 Å². The van der Waals surface area contributed by atoms with Crippen LogP contribution in [0.3, 0.4) is 0 Å². The fraction of sp³-hybridized carbons (Fsp3) is 0.714. The Labute approximate surface area is 123 Å². The van der Waals surface area contributed by atoms with Crippen molar-refractivity contribution in [1.29, 1.82) is 10.8 Å². The van der Waals surface area contributed by atoms with Crippen LogP contribution >= 0.6 is 0 Å². The molecule has 13 heavy (non-hydrogen) atoms. The van der Waals surface area contributed by atoms with Crippen LogP contribution < -0.4 is 69.3 Å². The SMILES string of the molecule is CC(C)(CC(=N)[O-])CC(=N)[O-].[Na+].[Na+]. The molecule has 0 radical (unpaired) electrons. The summed E-state index contributed by atoms with van der Waals surface area (Å²) in [6.45, 7) is 3.40. The van der Waals surface area contributed by atoms with Gasteiger partial charge in [-0.1, -0.05) is 13.8 Å². The summed E-state index contributed by atoms with van der Waals surface area (Å²) in [7, 11) is 0. The van der Waals surface area contributed by atoms with E-state index >= 15 is 0 Å². The molecule has 0 aliphatic heterocycles. The van der Waals surface area contributed by atoms with Crippen LogP contribution in [0, 0.1) is 16.2 Å². The maximum Gasteiger partial charge on any atom is 1.00 e. The molecule has 0 fully saturated rings. The van der Waals surface area contributed by atoms with Gasteiger partial charge < -0.3 is 21.0 Å². The standard InChI is InChI=1S/C7H14N2O2.2Na/c1-7(2,3-5(8)10)4-6(9)11;;/h3-4H2,1-2H3,(H2,8,10)(H2,9,11);;/q;2*+1/p-2. The molecule has 0 aromatic rings. The molecule has 0 amide bonds. The Kier molecular flexibility index (Phi) is 12.4. The third kappa shape index (κ3) is 12.9. The van der Waals surface area contributed by atoms with Crippen LogP contribution in [-0.4, -0.2) is 11.8 Å². The van der Waals surface area contributed by atoms with Gasteiger partial charge in [-0.05, 0) is 30.1 Å². The first-order valence-electron chi connectivity index (χ1n) is 3.32. The molecule has 0 aromatic carbocycles. The Bertz CT molecular complexity index is 165. The van der Waals surface area contributed by atoms with Crippen molar-refractivity contribution in [3.63, 3.8) is 0 Å². The van der Waals surface area contributed by atoms with Crippen molar-refractivity contribution in [2.24, 2.45) is 5.41 Å². The van der Waals surface area contributed by atoms with Crippen LogP contribution in [0.15, 0.2) is 0 Å². The number of nitrogens with one attached hydrogen (secondary N) is 2. The molecule has 6 heteroatoms. The van der Waals surface area contributed by atoms with E-state index in [0.717, 1.165) is 0 Å². The summed E-state index contributed by atoms with van der Waals surface area (Å²) in [5, 5.41) is 34.0. The van der Waals surface area contributed by atoms with Gasteiger partial charge in [-0.2, -0.15) is 0 Å². The summed E-state index contributed by atoms with van der Waals surface area (Å²) in [5.74, 6) is -1.37. The quantitative estimate of drug-likeness (QED) is 0.269. The minimum Gasteiger partial charge on any atom is -0.862 e. The average Bonchev–Trinajstić information content (AvgIpc) is 1.53. The van der Waals surface area contributed by atoms with Crippen LogP contribution in [0.4, 0.5) is 0 Å². The summed E-state index contributed by atoms with van der Waals surface area (Å²) in [6.07, 6.45) is 0.0786. The molecule has 0 aromatic heterocycles. The molecule has 0 bridgehead atoms. The van der Waals surface area contributed by atoms with Gasteiger partial charge in [-0.15, -0.1) is 0 Å². The van der Waals surface area contributed by atoms with Crippen molar-refractivity contribution in [2.75, 3.05) is 0 Å². The molecular weight excluding hydrogens is 190 g/mol. The zero-order valence-corrected chi connectivity index (χ0v) is 12.7. The number of hydrogen-bond donors (Lipinski definition) is 2. The van der Waals surface area contributed by atoms with Crippen molar-refractivity contribution in [3.8, 4) is 0 Å². The maximum atomic E-state index is 10.3. The van der Waals surface area contributed by atoms with E-state index < -0.39 is 17.2 Å². The van der Waals surface area contributed by atoms with E-state index in [1.165, 1.54) is 0 Å². The van der Waals surface area contributed by atoms with E-state index in [4.69, 9.17) is 10.8 Å². The first-order chi connectivity index (χ1) is 4.83. The molecule has 2 N–H and O–H groups in total. The van der Waals surface area contributed by atoms with Gasteiger partial charge in [0.15, 0.2) is 0 Å². The molecule has 0 aliphatic rings. The van der Waals surface area contributed by atoms with Crippen LogP contribution in [0.5, 0.6) is 0 Å². The smallest absolute Gasteiger partial charge is 0.862 e. The summed E-state index contributed by atoms with van der Waals surface area (Å²) < 4.78 is 0. The van der Waals surface area contributed by atoms with E-state index in [1.54, 1.807) is 13.8 Å². The third-order valence-corrected chi connectivity index (χ3v) is 1.28. The monoisotopic (exact) mass is 202 g/mol. The molecule has 0 spiro atoms. The van der Waals surface area contributed by atoms with Crippen molar-refractivity contribution in [1.82, 2.24) is 0 Å². The molecule has 0 unspecified atom stereocenters. The van der Waals surface area contributed by atoms with Crippen LogP contribution in [-0.2, 0) is 0 Å². The first-order valence-corrected chi connectivity index (χ1v) is 3.32. The Hall–Kier alpha value is 0.940. The van der Waals surface area contributed by atoms with E-state index in [9.17, 15) is 10.2 Å². The normalized spacial score (nSPS) is 9.38. The van der Waals surface area contributed by atoms with E-state index in [1.807, 2.05) is 0 Å². The van der Waals surface area contributed by atoms with Gasteiger partial charge in [0.25, 0.3) is 0 Å². The fourth-order valence-electron chi connectivity index (χ4n) is 0.932. The van der Waals surface area contributed by atoms with E-state index in [2.05, 4.69) is 0 Å². The number of hydrogen-bond acceptors (Lipinski definition) is 4. The molecule has 0 saturated carbocycles. The van der Waals surface area contributed by atoms with Gasteiger partial charge in [0, 0.05) is 0 Å². The predicted molar refractivity (Wildman–Crippen MR) is 38.5 cm³/mol. The Morgan fingerprint density at radius 1 is 1.00 bits per heavy atom. The molecule has 0 aliphatic carbocycles. The van der Waals surface area contributed by atoms with Gasteiger partial charge in [-0.3, -0.25) is 0 Å². The van der Waals surface area contributed by atoms with Crippen LogP contribution in [0.25, 0.3) is 0 Å². The van der Waals surface area contributed by atoms with Gasteiger partial charge in [0.1, 0.15) is 0 Å². The Morgan fingerprint density at radius 3 is 1.38 bits per heavy atom. The average molecular weight is 202 g/mol. The molecular formula is C7H12N2Na2O2. The molecule has 0 saturated heterocycles. The topological polar surface area (TPSA) is 93.8 Å².